The molecule has 0 heterocycles. The van der Waals surface area contributed by atoms with Gasteiger partial charge >= 0.3 is 0 Å². The summed E-state index contributed by atoms with van der Waals surface area (Å²) in [5.41, 5.74) is 6.42. The predicted octanol–water partition coefficient (Wildman–Crippen LogP) is -0.0160. The third kappa shape index (κ3) is 8.44. The van der Waals surface area contributed by atoms with Crippen molar-refractivity contribution in [2.45, 2.75) is 13.8 Å². The van der Waals surface area contributed by atoms with Crippen LogP contribution in [0.15, 0.2) is 0 Å². The Hall–Kier alpha value is -0.160. The van der Waals surface area contributed by atoms with Gasteiger partial charge in [0.05, 0.1) is 0 Å². The molecule has 0 aliphatic heterocycles. The highest BCUT2D eigenvalue weighted by Gasteiger charge is 1.96. The monoisotopic (exact) mass is 202 g/mol. The van der Waals surface area contributed by atoms with Crippen LogP contribution in [0.5, 0.6) is 0 Å². The molecule has 0 radical (unpaired) electrons. The Morgan fingerprint density at radius 1 is 0.857 bits per heavy atom. The number of rotatable bonds is 9. The lowest BCUT2D eigenvalue weighted by atomic mass is 10.5. The maximum absolute atomic E-state index is 3.22. The molecule has 4 heteroatoms. The van der Waals surface area contributed by atoms with Crippen molar-refractivity contribution in [1.82, 2.24) is 20.7 Å². The number of hydrazine groups is 1. The summed E-state index contributed by atoms with van der Waals surface area (Å²) in [6.45, 7) is 10.8. The van der Waals surface area contributed by atoms with Gasteiger partial charge in [-0.2, -0.15) is 0 Å². The number of nitrogens with one attached hydrogen (secondary N) is 2. The van der Waals surface area contributed by atoms with E-state index in [0.717, 1.165) is 39.3 Å². The number of hydrogen-bond donors (Lipinski definition) is 2. The summed E-state index contributed by atoms with van der Waals surface area (Å²) in [6, 6.07) is 0. The quantitative estimate of drug-likeness (QED) is 0.406. The fourth-order valence-corrected chi connectivity index (χ4v) is 1.21. The first-order chi connectivity index (χ1) is 6.70. The molecular weight excluding hydrogens is 176 g/mol. The highest BCUT2D eigenvalue weighted by atomic mass is 15.4. The minimum Gasteiger partial charge on any atom is -0.308 e. The van der Waals surface area contributed by atoms with E-state index in [2.05, 4.69) is 48.6 Å². The molecule has 14 heavy (non-hydrogen) atoms. The van der Waals surface area contributed by atoms with Gasteiger partial charge in [0, 0.05) is 26.2 Å². The van der Waals surface area contributed by atoms with Gasteiger partial charge in [-0.25, -0.2) is 0 Å². The van der Waals surface area contributed by atoms with Crippen LogP contribution < -0.4 is 10.9 Å². The molecule has 2 N–H and O–H groups in total. The Morgan fingerprint density at radius 3 is 1.79 bits per heavy atom. The molecule has 0 aromatic rings. The van der Waals surface area contributed by atoms with Crippen LogP contribution in [0.25, 0.3) is 0 Å². The molecule has 0 bridgehead atoms. The average Bonchev–Trinajstić information content (AvgIpc) is 2.16. The molecule has 0 atom stereocenters. The van der Waals surface area contributed by atoms with Gasteiger partial charge in [0.1, 0.15) is 0 Å². The van der Waals surface area contributed by atoms with Gasteiger partial charge in [-0.3, -0.25) is 10.9 Å². The summed E-state index contributed by atoms with van der Waals surface area (Å²) in [5, 5.41) is 0. The minimum absolute atomic E-state index is 0.991. The molecule has 0 unspecified atom stereocenters. The normalized spacial score (nSPS) is 11.6. The van der Waals surface area contributed by atoms with Crippen molar-refractivity contribution in [3.8, 4) is 0 Å². The summed E-state index contributed by atoms with van der Waals surface area (Å²) >= 11 is 0. The van der Waals surface area contributed by atoms with Crippen LogP contribution in [0, 0.1) is 0 Å². The van der Waals surface area contributed by atoms with Crippen LogP contribution in [0.4, 0.5) is 0 Å². The summed E-state index contributed by atoms with van der Waals surface area (Å²) in [5.74, 6) is 0. The van der Waals surface area contributed by atoms with Gasteiger partial charge in [0.15, 0.2) is 0 Å². The van der Waals surface area contributed by atoms with Crippen LogP contribution in [-0.4, -0.2) is 63.2 Å². The summed E-state index contributed by atoms with van der Waals surface area (Å²) in [4.78, 5) is 4.57. The van der Waals surface area contributed by atoms with E-state index in [-0.39, 0.29) is 0 Å². The largest absolute Gasteiger partial charge is 0.308 e. The molecule has 0 fully saturated rings. The zero-order valence-corrected chi connectivity index (χ0v) is 10.1. The SMILES string of the molecule is CCN(CC)CCNNCCN(C)C. The van der Waals surface area contributed by atoms with Crippen LogP contribution in [0.2, 0.25) is 0 Å². The van der Waals surface area contributed by atoms with E-state index in [1.165, 1.54) is 0 Å². The van der Waals surface area contributed by atoms with Crippen molar-refractivity contribution < 1.29 is 0 Å². The van der Waals surface area contributed by atoms with Crippen molar-refractivity contribution in [1.29, 1.82) is 0 Å². The zero-order chi connectivity index (χ0) is 10.8. The molecule has 0 rings (SSSR count). The van der Waals surface area contributed by atoms with Crippen molar-refractivity contribution in [2.75, 3.05) is 53.4 Å². The molecule has 0 saturated carbocycles. The van der Waals surface area contributed by atoms with Gasteiger partial charge in [-0.1, -0.05) is 13.8 Å². The van der Waals surface area contributed by atoms with Gasteiger partial charge in [0.25, 0.3) is 0 Å². The summed E-state index contributed by atoms with van der Waals surface area (Å²) in [7, 11) is 4.16. The van der Waals surface area contributed by atoms with E-state index >= 15 is 0 Å². The third-order valence-electron chi connectivity index (χ3n) is 2.26. The van der Waals surface area contributed by atoms with Crippen LogP contribution >= 0.6 is 0 Å². The summed E-state index contributed by atoms with van der Waals surface area (Å²) < 4.78 is 0. The number of nitrogens with zero attached hydrogens (tertiary/aromatic N) is 2. The zero-order valence-electron chi connectivity index (χ0n) is 10.1. The van der Waals surface area contributed by atoms with E-state index in [0.29, 0.717) is 0 Å². The molecule has 0 aromatic heterocycles. The lowest BCUT2D eigenvalue weighted by Gasteiger charge is -2.18. The first-order valence-corrected chi connectivity index (χ1v) is 5.53. The molecule has 0 amide bonds. The first kappa shape index (κ1) is 13.8. The smallest absolute Gasteiger partial charge is 0.0228 e. The number of likely N-dealkylation sites (N-methyl/N-ethyl adjacent to an activating group) is 2. The molecule has 0 spiro atoms. The lowest BCUT2D eigenvalue weighted by molar-refractivity contribution is 0.292. The van der Waals surface area contributed by atoms with E-state index in [4.69, 9.17) is 0 Å². The maximum Gasteiger partial charge on any atom is 0.0228 e. The topological polar surface area (TPSA) is 30.5 Å². The molecule has 86 valence electrons. The Morgan fingerprint density at radius 2 is 1.36 bits per heavy atom. The summed E-state index contributed by atoms with van der Waals surface area (Å²) in [6.07, 6.45) is 0. The highest BCUT2D eigenvalue weighted by molar-refractivity contribution is 4.54. The van der Waals surface area contributed by atoms with E-state index < -0.39 is 0 Å². The molecule has 0 aliphatic carbocycles. The van der Waals surface area contributed by atoms with E-state index in [1.807, 2.05) is 0 Å². The fourth-order valence-electron chi connectivity index (χ4n) is 1.21. The molecule has 0 aliphatic rings. The average molecular weight is 202 g/mol. The second-order valence-electron chi connectivity index (χ2n) is 3.68. The molecule has 4 nitrogen and oxygen atoms in total. The van der Waals surface area contributed by atoms with Crippen molar-refractivity contribution in [3.05, 3.63) is 0 Å². The highest BCUT2D eigenvalue weighted by Crippen LogP contribution is 1.83. The second-order valence-corrected chi connectivity index (χ2v) is 3.68. The van der Waals surface area contributed by atoms with E-state index in [9.17, 15) is 0 Å². The maximum atomic E-state index is 3.22. The Bertz CT molecular complexity index is 113. The fraction of sp³-hybridized carbons (Fsp3) is 1.00. The Labute approximate surface area is 88.6 Å². The van der Waals surface area contributed by atoms with Crippen molar-refractivity contribution in [3.63, 3.8) is 0 Å². The van der Waals surface area contributed by atoms with Crippen molar-refractivity contribution in [2.24, 2.45) is 0 Å². The predicted molar refractivity (Wildman–Crippen MR) is 62.3 cm³/mol. The second kappa shape index (κ2) is 9.40. The Kier molecular flexibility index (Phi) is 9.29. The third-order valence-corrected chi connectivity index (χ3v) is 2.26. The Balaban J connectivity index is 3.12. The lowest BCUT2D eigenvalue weighted by Crippen LogP contribution is -2.41. The van der Waals surface area contributed by atoms with E-state index in [1.54, 1.807) is 0 Å². The van der Waals surface area contributed by atoms with Gasteiger partial charge in [-0.15, -0.1) is 0 Å². The molecular formula is C10H26N4. The van der Waals surface area contributed by atoms with Gasteiger partial charge in [-0.05, 0) is 27.2 Å². The first-order valence-electron chi connectivity index (χ1n) is 5.53. The van der Waals surface area contributed by atoms with Gasteiger partial charge < -0.3 is 9.80 Å². The van der Waals surface area contributed by atoms with Crippen LogP contribution in [0.3, 0.4) is 0 Å². The number of hydrogen-bond acceptors (Lipinski definition) is 4. The molecule has 0 saturated heterocycles. The van der Waals surface area contributed by atoms with Gasteiger partial charge in [0.2, 0.25) is 0 Å². The standard InChI is InChI=1S/C10H26N4/c1-5-14(6-2)10-8-12-11-7-9-13(3)4/h11-12H,5-10H2,1-4H3. The van der Waals surface area contributed by atoms with Crippen LogP contribution in [-0.2, 0) is 0 Å². The van der Waals surface area contributed by atoms with Crippen molar-refractivity contribution >= 4 is 0 Å². The molecule has 0 aromatic carbocycles. The minimum atomic E-state index is 0.991. The van der Waals surface area contributed by atoms with Crippen LogP contribution in [0.1, 0.15) is 13.8 Å².